The van der Waals surface area contributed by atoms with E-state index in [0.717, 1.165) is 17.3 Å². The summed E-state index contributed by atoms with van der Waals surface area (Å²) in [5.74, 6) is -0.446. The van der Waals surface area contributed by atoms with Gasteiger partial charge >= 0.3 is 6.18 Å². The van der Waals surface area contributed by atoms with E-state index in [-0.39, 0.29) is 30.6 Å². The molecule has 4 rings (SSSR count). The van der Waals surface area contributed by atoms with E-state index in [0.29, 0.717) is 17.1 Å². The highest BCUT2D eigenvalue weighted by atomic mass is 19.4. The van der Waals surface area contributed by atoms with Gasteiger partial charge < -0.3 is 21.3 Å². The Morgan fingerprint density at radius 3 is 2.77 bits per heavy atom. The molecule has 0 unspecified atom stereocenters. The van der Waals surface area contributed by atoms with Gasteiger partial charge in [0.1, 0.15) is 11.4 Å². The minimum atomic E-state index is -4.62. The number of alkyl halides is 3. The Labute approximate surface area is 176 Å². The van der Waals surface area contributed by atoms with Crippen molar-refractivity contribution in [3.63, 3.8) is 0 Å². The van der Waals surface area contributed by atoms with Gasteiger partial charge in [0.2, 0.25) is 11.9 Å². The van der Waals surface area contributed by atoms with Crippen molar-refractivity contribution < 1.29 is 18.0 Å². The van der Waals surface area contributed by atoms with Crippen LogP contribution in [0.5, 0.6) is 0 Å². The van der Waals surface area contributed by atoms with Crippen molar-refractivity contribution in [1.29, 1.82) is 0 Å². The number of hydrogen-bond acceptors (Lipinski definition) is 5. The lowest BCUT2D eigenvalue weighted by Gasteiger charge is -2.21. The summed E-state index contributed by atoms with van der Waals surface area (Å²) in [6, 6.07) is 12.3. The molecular weight excluding hydrogens is 409 g/mol. The fourth-order valence-electron chi connectivity index (χ4n) is 3.28. The molecule has 1 aromatic heterocycles. The third-order valence-electron chi connectivity index (χ3n) is 4.76. The first-order valence-corrected chi connectivity index (χ1v) is 9.39. The molecular formula is C21H18F3N6O-. The van der Waals surface area contributed by atoms with Gasteiger partial charge in [0.25, 0.3) is 0 Å². The number of aromatic nitrogens is 2. The maximum absolute atomic E-state index is 13.5. The summed E-state index contributed by atoms with van der Waals surface area (Å²) in [6.45, 7) is 0.111. The Morgan fingerprint density at radius 1 is 1.19 bits per heavy atom. The van der Waals surface area contributed by atoms with Crippen molar-refractivity contribution in [2.75, 3.05) is 23.0 Å². The van der Waals surface area contributed by atoms with E-state index in [4.69, 9.17) is 0 Å². The van der Waals surface area contributed by atoms with Crippen LogP contribution in [0, 0.1) is 0 Å². The maximum Gasteiger partial charge on any atom is 0.421 e. The molecule has 3 N–H and O–H groups in total. The molecule has 10 heteroatoms. The number of hydrogen-bond donors (Lipinski definition) is 3. The van der Waals surface area contributed by atoms with Crippen molar-refractivity contribution in [3.8, 4) is 0 Å². The maximum atomic E-state index is 13.5. The standard InChI is InChI=1S/C21H18F3N6O/c1-25-16-5-3-2-4-12(16)10-26-19-15(21(22,23)24)11-27-20(30-19)28-14-6-7-17-13(8-14)9-18(31)29-17/h2-8,11H,9-10H2,1H3,(H,29,31)(H2,26,27,28,30)/q-1. The highest BCUT2D eigenvalue weighted by Crippen LogP contribution is 2.35. The largest absolute Gasteiger partial charge is 0.687 e. The van der Waals surface area contributed by atoms with Crippen LogP contribution in [0.2, 0.25) is 0 Å². The second-order valence-electron chi connectivity index (χ2n) is 6.88. The van der Waals surface area contributed by atoms with Crippen molar-refractivity contribution in [3.05, 3.63) is 70.7 Å². The first-order chi connectivity index (χ1) is 14.8. The third kappa shape index (κ3) is 4.52. The molecule has 0 spiro atoms. The van der Waals surface area contributed by atoms with Gasteiger partial charge in [-0.25, -0.2) is 4.98 Å². The molecule has 160 valence electrons. The fourth-order valence-corrected chi connectivity index (χ4v) is 3.28. The van der Waals surface area contributed by atoms with Crippen molar-refractivity contribution in [2.24, 2.45) is 0 Å². The number of carbonyl (C=O) groups excluding carboxylic acids is 1. The molecule has 0 radical (unpaired) electrons. The Kier molecular flexibility index (Phi) is 5.37. The van der Waals surface area contributed by atoms with Gasteiger partial charge in [-0.1, -0.05) is 24.3 Å². The van der Waals surface area contributed by atoms with Crippen LogP contribution in [0.15, 0.2) is 48.7 Å². The molecule has 2 aromatic carbocycles. The van der Waals surface area contributed by atoms with Gasteiger partial charge in [0.15, 0.2) is 0 Å². The van der Waals surface area contributed by atoms with Crippen LogP contribution in [0.4, 0.5) is 42.0 Å². The van der Waals surface area contributed by atoms with Crippen LogP contribution < -0.4 is 16.0 Å². The number of rotatable bonds is 6. The van der Waals surface area contributed by atoms with Gasteiger partial charge in [-0.05, 0) is 29.3 Å². The monoisotopic (exact) mass is 427 g/mol. The summed E-state index contributed by atoms with van der Waals surface area (Å²) in [5, 5.41) is 12.5. The predicted molar refractivity (Wildman–Crippen MR) is 112 cm³/mol. The van der Waals surface area contributed by atoms with Crippen LogP contribution in [0.1, 0.15) is 16.7 Å². The Morgan fingerprint density at radius 2 is 2.00 bits per heavy atom. The number of benzene rings is 2. The number of nitrogens with zero attached hydrogens (tertiary/aromatic N) is 3. The van der Waals surface area contributed by atoms with E-state index in [9.17, 15) is 18.0 Å². The van der Waals surface area contributed by atoms with Crippen molar-refractivity contribution >= 4 is 34.7 Å². The number of carbonyl (C=O) groups is 1. The lowest BCUT2D eigenvalue weighted by Crippen LogP contribution is -2.14. The first-order valence-electron chi connectivity index (χ1n) is 9.39. The third-order valence-corrected chi connectivity index (χ3v) is 4.76. The number of nitrogens with one attached hydrogen (secondary N) is 3. The number of para-hydroxylation sites is 1. The summed E-state index contributed by atoms with van der Waals surface area (Å²) in [5.41, 5.74) is 2.52. The molecule has 1 amide bonds. The molecule has 1 aliphatic heterocycles. The average molecular weight is 427 g/mol. The van der Waals surface area contributed by atoms with Crippen LogP contribution in [-0.2, 0) is 23.9 Å². The molecule has 0 fully saturated rings. The number of halogens is 3. The van der Waals surface area contributed by atoms with E-state index in [1.807, 2.05) is 0 Å². The summed E-state index contributed by atoms with van der Waals surface area (Å²) in [6.07, 6.45) is -3.63. The summed E-state index contributed by atoms with van der Waals surface area (Å²) >= 11 is 0. The second kappa shape index (κ2) is 8.13. The summed E-state index contributed by atoms with van der Waals surface area (Å²) < 4.78 is 40.4. The van der Waals surface area contributed by atoms with Crippen molar-refractivity contribution in [2.45, 2.75) is 19.1 Å². The quantitative estimate of drug-likeness (QED) is 0.516. The SMILES string of the molecule is C[N-]c1ccccc1CNc1nc(Nc2ccc3c(c2)CC(=O)N3)ncc1C(F)(F)F. The Balaban J connectivity index is 1.59. The van der Waals surface area contributed by atoms with Gasteiger partial charge in [-0.2, -0.15) is 18.2 Å². The molecule has 1 aliphatic rings. The van der Waals surface area contributed by atoms with Crippen LogP contribution in [0.25, 0.3) is 5.32 Å². The average Bonchev–Trinajstić information content (AvgIpc) is 3.11. The topological polar surface area (TPSA) is 93.0 Å². The highest BCUT2D eigenvalue weighted by molar-refractivity contribution is 5.99. The van der Waals surface area contributed by atoms with Crippen LogP contribution in [-0.4, -0.2) is 22.9 Å². The van der Waals surface area contributed by atoms with Gasteiger partial charge in [0, 0.05) is 24.1 Å². The number of fused-ring (bicyclic) bond motifs is 1. The minimum Gasteiger partial charge on any atom is -0.687 e. The molecule has 7 nitrogen and oxygen atoms in total. The second-order valence-corrected chi connectivity index (χ2v) is 6.88. The molecule has 0 atom stereocenters. The zero-order valence-corrected chi connectivity index (χ0v) is 16.4. The zero-order valence-electron chi connectivity index (χ0n) is 16.4. The summed E-state index contributed by atoms with van der Waals surface area (Å²) in [4.78, 5) is 19.4. The molecule has 0 saturated carbocycles. The Hall–Kier alpha value is -3.82. The lowest BCUT2D eigenvalue weighted by molar-refractivity contribution is -0.137. The summed E-state index contributed by atoms with van der Waals surface area (Å²) in [7, 11) is 1.62. The number of anilines is 4. The minimum absolute atomic E-state index is 0.00111. The predicted octanol–water partition coefficient (Wildman–Crippen LogP) is 4.98. The molecule has 2 heterocycles. The highest BCUT2D eigenvalue weighted by Gasteiger charge is 2.35. The first kappa shape index (κ1) is 20.5. The van der Waals surface area contributed by atoms with E-state index in [1.54, 1.807) is 49.5 Å². The molecule has 3 aromatic rings. The van der Waals surface area contributed by atoms with E-state index >= 15 is 0 Å². The smallest absolute Gasteiger partial charge is 0.421 e. The van der Waals surface area contributed by atoms with Crippen LogP contribution >= 0.6 is 0 Å². The van der Waals surface area contributed by atoms with E-state index in [1.165, 1.54) is 0 Å². The fraction of sp³-hybridized carbons (Fsp3) is 0.190. The van der Waals surface area contributed by atoms with E-state index in [2.05, 4.69) is 31.2 Å². The van der Waals surface area contributed by atoms with Gasteiger partial charge in [-0.15, -0.1) is 12.7 Å². The molecule has 0 saturated heterocycles. The molecule has 31 heavy (non-hydrogen) atoms. The Bertz CT molecular complexity index is 1130. The van der Waals surface area contributed by atoms with Gasteiger partial charge in [0.05, 0.1) is 6.42 Å². The zero-order chi connectivity index (χ0) is 22.0. The lowest BCUT2D eigenvalue weighted by atomic mass is 10.1. The van der Waals surface area contributed by atoms with Crippen LogP contribution in [0.3, 0.4) is 0 Å². The molecule has 0 bridgehead atoms. The van der Waals surface area contributed by atoms with E-state index < -0.39 is 11.7 Å². The van der Waals surface area contributed by atoms with Gasteiger partial charge in [-0.3, -0.25) is 4.79 Å². The van der Waals surface area contributed by atoms with Crippen molar-refractivity contribution in [1.82, 2.24) is 9.97 Å². The normalized spacial score (nSPS) is 12.8. The number of amides is 1. The molecule has 0 aliphatic carbocycles.